The van der Waals surface area contributed by atoms with Crippen molar-refractivity contribution in [1.29, 1.82) is 0 Å². The van der Waals surface area contributed by atoms with E-state index in [1.54, 1.807) is 41.0 Å². The Morgan fingerprint density at radius 3 is 2.62 bits per heavy atom. The number of benzene rings is 2. The molecule has 0 bridgehead atoms. The van der Waals surface area contributed by atoms with Crippen LogP contribution in [0.5, 0.6) is 5.75 Å². The number of thioether (sulfide) groups is 1. The lowest BCUT2D eigenvalue weighted by molar-refractivity contribution is 0.344. The molecule has 0 amide bonds. The number of rotatable bonds is 7. The molecule has 0 atom stereocenters. The zero-order chi connectivity index (χ0) is 18.5. The van der Waals surface area contributed by atoms with Crippen LogP contribution in [0.1, 0.15) is 0 Å². The van der Waals surface area contributed by atoms with Crippen LogP contribution in [0.2, 0.25) is 10.0 Å². The molecule has 7 heteroatoms. The standard InChI is InChI=1S/C19H16Cl2N2O2S/c1-2-9-23-18(24)16-12-14(21)5-8-17(16)22-19(23)26-11-10-25-15-6-3-13(20)4-7-15/h2-8,12H,1,9-11H2. The zero-order valence-electron chi connectivity index (χ0n) is 13.8. The highest BCUT2D eigenvalue weighted by Crippen LogP contribution is 2.21. The molecule has 0 saturated carbocycles. The molecule has 0 radical (unpaired) electrons. The van der Waals surface area contributed by atoms with Gasteiger partial charge in [0.2, 0.25) is 0 Å². The van der Waals surface area contributed by atoms with Gasteiger partial charge in [-0.05, 0) is 42.5 Å². The van der Waals surface area contributed by atoms with E-state index >= 15 is 0 Å². The monoisotopic (exact) mass is 406 g/mol. The van der Waals surface area contributed by atoms with Crippen LogP contribution in [0.15, 0.2) is 65.1 Å². The Kier molecular flexibility index (Phi) is 6.25. The van der Waals surface area contributed by atoms with Crippen molar-refractivity contribution in [2.75, 3.05) is 12.4 Å². The van der Waals surface area contributed by atoms with Gasteiger partial charge in [0, 0.05) is 22.3 Å². The van der Waals surface area contributed by atoms with Gasteiger partial charge in [-0.1, -0.05) is 41.0 Å². The molecular formula is C19H16Cl2N2O2S. The van der Waals surface area contributed by atoms with Gasteiger partial charge in [0.05, 0.1) is 17.5 Å². The van der Waals surface area contributed by atoms with Gasteiger partial charge in [0.25, 0.3) is 5.56 Å². The van der Waals surface area contributed by atoms with Crippen LogP contribution in [0.3, 0.4) is 0 Å². The van der Waals surface area contributed by atoms with E-state index in [9.17, 15) is 4.79 Å². The van der Waals surface area contributed by atoms with Crippen LogP contribution >= 0.6 is 35.0 Å². The first-order valence-corrected chi connectivity index (χ1v) is 9.65. The minimum Gasteiger partial charge on any atom is -0.493 e. The zero-order valence-corrected chi connectivity index (χ0v) is 16.2. The third-order valence-corrected chi connectivity index (χ3v) is 5.02. The van der Waals surface area contributed by atoms with Crippen molar-refractivity contribution in [2.45, 2.75) is 11.7 Å². The normalized spacial score (nSPS) is 10.8. The molecular weight excluding hydrogens is 391 g/mol. The molecule has 3 aromatic rings. The Balaban J connectivity index is 1.76. The van der Waals surface area contributed by atoms with Crippen LogP contribution in [0, 0.1) is 0 Å². The first-order valence-electron chi connectivity index (χ1n) is 7.90. The quantitative estimate of drug-likeness (QED) is 0.238. The van der Waals surface area contributed by atoms with Gasteiger partial charge in [-0.2, -0.15) is 0 Å². The molecule has 4 nitrogen and oxygen atoms in total. The van der Waals surface area contributed by atoms with Crippen LogP contribution in [-0.2, 0) is 6.54 Å². The van der Waals surface area contributed by atoms with Gasteiger partial charge < -0.3 is 4.74 Å². The van der Waals surface area contributed by atoms with E-state index in [1.165, 1.54) is 11.8 Å². The van der Waals surface area contributed by atoms with Gasteiger partial charge in [0.1, 0.15) is 5.75 Å². The molecule has 0 unspecified atom stereocenters. The minimum atomic E-state index is -0.126. The molecule has 1 heterocycles. The van der Waals surface area contributed by atoms with Crippen molar-refractivity contribution in [2.24, 2.45) is 0 Å². The molecule has 0 saturated heterocycles. The average molecular weight is 407 g/mol. The van der Waals surface area contributed by atoms with E-state index < -0.39 is 0 Å². The summed E-state index contributed by atoms with van der Waals surface area (Å²) in [6.07, 6.45) is 1.67. The largest absolute Gasteiger partial charge is 0.493 e. The maximum atomic E-state index is 12.7. The van der Waals surface area contributed by atoms with E-state index in [0.29, 0.717) is 45.0 Å². The summed E-state index contributed by atoms with van der Waals surface area (Å²) >= 11 is 13.3. The predicted octanol–water partition coefficient (Wildman–Crippen LogP) is 5.06. The Labute approximate surface area is 165 Å². The van der Waals surface area contributed by atoms with Crippen molar-refractivity contribution < 1.29 is 4.74 Å². The topological polar surface area (TPSA) is 44.1 Å². The van der Waals surface area contributed by atoms with Gasteiger partial charge in [0.15, 0.2) is 5.16 Å². The molecule has 0 fully saturated rings. The lowest BCUT2D eigenvalue weighted by Crippen LogP contribution is -2.23. The van der Waals surface area contributed by atoms with Crippen molar-refractivity contribution in [3.63, 3.8) is 0 Å². The Morgan fingerprint density at radius 2 is 1.88 bits per heavy atom. The van der Waals surface area contributed by atoms with E-state index in [-0.39, 0.29) is 5.56 Å². The number of nitrogens with zero attached hydrogens (tertiary/aromatic N) is 2. The Bertz CT molecular complexity index is 987. The first-order chi connectivity index (χ1) is 12.6. The SMILES string of the molecule is C=CCn1c(SCCOc2ccc(Cl)cc2)nc2ccc(Cl)cc2c1=O. The molecule has 0 aliphatic carbocycles. The average Bonchev–Trinajstić information content (AvgIpc) is 2.64. The van der Waals surface area contributed by atoms with Crippen molar-refractivity contribution in [1.82, 2.24) is 9.55 Å². The lowest BCUT2D eigenvalue weighted by atomic mass is 10.2. The number of fused-ring (bicyclic) bond motifs is 1. The molecule has 0 aliphatic rings. The number of halogens is 2. The van der Waals surface area contributed by atoms with Crippen molar-refractivity contribution in [3.8, 4) is 5.75 Å². The van der Waals surface area contributed by atoms with Gasteiger partial charge in [-0.25, -0.2) is 4.98 Å². The van der Waals surface area contributed by atoms with Crippen LogP contribution < -0.4 is 10.3 Å². The smallest absolute Gasteiger partial charge is 0.262 e. The highest BCUT2D eigenvalue weighted by atomic mass is 35.5. The fourth-order valence-electron chi connectivity index (χ4n) is 2.40. The molecule has 0 spiro atoms. The second kappa shape index (κ2) is 8.62. The molecule has 3 rings (SSSR count). The van der Waals surface area contributed by atoms with Crippen LogP contribution in [0.25, 0.3) is 10.9 Å². The number of aromatic nitrogens is 2. The number of ether oxygens (including phenoxy) is 1. The summed E-state index contributed by atoms with van der Waals surface area (Å²) in [4.78, 5) is 17.3. The van der Waals surface area contributed by atoms with Gasteiger partial charge in [-0.15, -0.1) is 6.58 Å². The second-order valence-electron chi connectivity index (χ2n) is 5.41. The van der Waals surface area contributed by atoms with Crippen molar-refractivity contribution >= 4 is 45.9 Å². The molecule has 134 valence electrons. The molecule has 26 heavy (non-hydrogen) atoms. The molecule has 1 aromatic heterocycles. The summed E-state index contributed by atoms with van der Waals surface area (Å²) < 4.78 is 7.28. The van der Waals surface area contributed by atoms with E-state index in [0.717, 1.165) is 5.75 Å². The van der Waals surface area contributed by atoms with E-state index in [1.807, 2.05) is 12.1 Å². The van der Waals surface area contributed by atoms with E-state index in [2.05, 4.69) is 11.6 Å². The number of allylic oxidation sites excluding steroid dienone is 1. The third kappa shape index (κ3) is 4.41. The summed E-state index contributed by atoms with van der Waals surface area (Å²) in [6, 6.07) is 12.3. The highest BCUT2D eigenvalue weighted by molar-refractivity contribution is 7.99. The number of hydrogen-bond donors (Lipinski definition) is 0. The summed E-state index contributed by atoms with van der Waals surface area (Å²) in [6.45, 7) is 4.59. The van der Waals surface area contributed by atoms with E-state index in [4.69, 9.17) is 27.9 Å². The fraction of sp³-hybridized carbons (Fsp3) is 0.158. The summed E-state index contributed by atoms with van der Waals surface area (Å²) in [5.41, 5.74) is 0.499. The highest BCUT2D eigenvalue weighted by Gasteiger charge is 2.11. The Hall–Kier alpha value is -1.95. The molecule has 0 N–H and O–H groups in total. The minimum absolute atomic E-state index is 0.126. The summed E-state index contributed by atoms with van der Waals surface area (Å²) in [7, 11) is 0. The van der Waals surface area contributed by atoms with Crippen LogP contribution in [0.4, 0.5) is 0 Å². The van der Waals surface area contributed by atoms with Crippen LogP contribution in [-0.4, -0.2) is 21.9 Å². The van der Waals surface area contributed by atoms with Gasteiger partial charge in [-0.3, -0.25) is 9.36 Å². The summed E-state index contributed by atoms with van der Waals surface area (Å²) in [5, 5.41) is 2.31. The fourth-order valence-corrected chi connectivity index (χ4v) is 3.52. The number of hydrogen-bond acceptors (Lipinski definition) is 4. The van der Waals surface area contributed by atoms with Gasteiger partial charge >= 0.3 is 0 Å². The Morgan fingerprint density at radius 1 is 1.15 bits per heavy atom. The van der Waals surface area contributed by atoms with Crippen molar-refractivity contribution in [3.05, 3.63) is 75.5 Å². The predicted molar refractivity (Wildman–Crippen MR) is 109 cm³/mol. The third-order valence-electron chi connectivity index (χ3n) is 3.59. The lowest BCUT2D eigenvalue weighted by Gasteiger charge is -2.12. The molecule has 0 aliphatic heterocycles. The summed E-state index contributed by atoms with van der Waals surface area (Å²) in [5.74, 6) is 1.39. The second-order valence-corrected chi connectivity index (χ2v) is 7.35. The first kappa shape index (κ1) is 18.8. The molecule has 2 aromatic carbocycles. The maximum Gasteiger partial charge on any atom is 0.262 e. The maximum absolute atomic E-state index is 12.7.